The van der Waals surface area contributed by atoms with Crippen molar-refractivity contribution in [1.29, 1.82) is 0 Å². The van der Waals surface area contributed by atoms with Crippen LogP contribution in [0.5, 0.6) is 0 Å². The number of hydrogen-bond acceptors (Lipinski definition) is 3. The minimum absolute atomic E-state index is 0.270. The molecule has 0 saturated heterocycles. The zero-order chi connectivity index (χ0) is 13.1. The first-order chi connectivity index (χ1) is 8.56. The number of aromatic nitrogens is 2. The molecule has 0 atom stereocenters. The maximum atomic E-state index is 12.7. The SMILES string of the molecule is Cc1nc(Cl)c(NCc2ccc(F)cc2)c(Cl)n1. The van der Waals surface area contributed by atoms with Gasteiger partial charge < -0.3 is 5.32 Å². The smallest absolute Gasteiger partial charge is 0.157 e. The van der Waals surface area contributed by atoms with Crippen molar-refractivity contribution in [2.24, 2.45) is 0 Å². The zero-order valence-corrected chi connectivity index (χ0v) is 11.1. The van der Waals surface area contributed by atoms with Gasteiger partial charge in [-0.25, -0.2) is 14.4 Å². The van der Waals surface area contributed by atoms with Crippen molar-refractivity contribution < 1.29 is 4.39 Å². The van der Waals surface area contributed by atoms with Gasteiger partial charge in [-0.15, -0.1) is 0 Å². The number of hydrogen-bond donors (Lipinski definition) is 1. The molecule has 1 heterocycles. The monoisotopic (exact) mass is 285 g/mol. The summed E-state index contributed by atoms with van der Waals surface area (Å²) in [4.78, 5) is 8.02. The number of aryl methyl sites for hydroxylation is 1. The predicted molar refractivity (Wildman–Crippen MR) is 70.5 cm³/mol. The van der Waals surface area contributed by atoms with Gasteiger partial charge in [-0.2, -0.15) is 0 Å². The number of halogens is 3. The van der Waals surface area contributed by atoms with Crippen LogP contribution in [0.25, 0.3) is 0 Å². The summed E-state index contributed by atoms with van der Waals surface area (Å²) in [7, 11) is 0. The van der Waals surface area contributed by atoms with Crippen LogP contribution >= 0.6 is 23.2 Å². The molecule has 0 amide bonds. The second-order valence-electron chi connectivity index (χ2n) is 3.71. The largest absolute Gasteiger partial charge is 0.376 e. The fourth-order valence-corrected chi connectivity index (χ4v) is 2.05. The van der Waals surface area contributed by atoms with Crippen molar-refractivity contribution in [3.8, 4) is 0 Å². The number of nitrogens with one attached hydrogen (secondary N) is 1. The third kappa shape index (κ3) is 3.09. The topological polar surface area (TPSA) is 37.8 Å². The molecule has 0 fully saturated rings. The van der Waals surface area contributed by atoms with E-state index in [4.69, 9.17) is 23.2 Å². The van der Waals surface area contributed by atoms with Crippen molar-refractivity contribution in [2.75, 3.05) is 5.32 Å². The van der Waals surface area contributed by atoms with Crippen LogP contribution in [0.4, 0.5) is 10.1 Å². The van der Waals surface area contributed by atoms with E-state index in [1.807, 2.05) is 0 Å². The normalized spacial score (nSPS) is 10.4. The Morgan fingerprint density at radius 1 is 1.11 bits per heavy atom. The van der Waals surface area contributed by atoms with Crippen LogP contribution in [0.2, 0.25) is 10.3 Å². The number of benzene rings is 1. The molecule has 0 aliphatic heterocycles. The van der Waals surface area contributed by atoms with E-state index in [1.54, 1.807) is 19.1 Å². The molecule has 0 saturated carbocycles. The van der Waals surface area contributed by atoms with Gasteiger partial charge >= 0.3 is 0 Å². The Kier molecular flexibility index (Phi) is 3.99. The van der Waals surface area contributed by atoms with Gasteiger partial charge in [0, 0.05) is 6.54 Å². The Morgan fingerprint density at radius 2 is 1.67 bits per heavy atom. The third-order valence-corrected chi connectivity index (χ3v) is 2.86. The summed E-state index contributed by atoms with van der Waals surface area (Å²) in [5.41, 5.74) is 1.39. The molecule has 0 radical (unpaired) electrons. The molecule has 6 heteroatoms. The lowest BCUT2D eigenvalue weighted by Gasteiger charge is -2.09. The molecule has 2 aromatic rings. The van der Waals surface area contributed by atoms with Crippen LogP contribution < -0.4 is 5.32 Å². The van der Waals surface area contributed by atoms with Crippen LogP contribution in [0, 0.1) is 12.7 Å². The molecule has 18 heavy (non-hydrogen) atoms. The van der Waals surface area contributed by atoms with E-state index < -0.39 is 0 Å². The maximum absolute atomic E-state index is 12.7. The lowest BCUT2D eigenvalue weighted by Crippen LogP contribution is -2.03. The van der Waals surface area contributed by atoms with E-state index in [9.17, 15) is 4.39 Å². The van der Waals surface area contributed by atoms with Crippen LogP contribution in [0.3, 0.4) is 0 Å². The summed E-state index contributed by atoms with van der Waals surface area (Å²) in [5, 5.41) is 3.58. The number of nitrogens with zero attached hydrogens (tertiary/aromatic N) is 2. The first-order valence-electron chi connectivity index (χ1n) is 5.24. The second-order valence-corrected chi connectivity index (χ2v) is 4.42. The molecule has 0 aliphatic rings. The highest BCUT2D eigenvalue weighted by Gasteiger charge is 2.09. The summed E-state index contributed by atoms with van der Waals surface area (Å²) in [6.45, 7) is 2.17. The van der Waals surface area contributed by atoms with Crippen LogP contribution in [0.1, 0.15) is 11.4 Å². The van der Waals surface area contributed by atoms with Crippen molar-refractivity contribution in [2.45, 2.75) is 13.5 Å². The van der Waals surface area contributed by atoms with Gasteiger partial charge in [0.15, 0.2) is 10.3 Å². The lowest BCUT2D eigenvalue weighted by molar-refractivity contribution is 0.627. The first-order valence-corrected chi connectivity index (χ1v) is 6.00. The third-order valence-electron chi connectivity index (χ3n) is 2.32. The highest BCUT2D eigenvalue weighted by Crippen LogP contribution is 2.27. The van der Waals surface area contributed by atoms with Gasteiger partial charge in [-0.05, 0) is 24.6 Å². The Bertz CT molecular complexity index is 535. The second kappa shape index (κ2) is 5.50. The molecule has 0 aliphatic carbocycles. The average molecular weight is 286 g/mol. The lowest BCUT2D eigenvalue weighted by atomic mass is 10.2. The fraction of sp³-hybridized carbons (Fsp3) is 0.167. The Balaban J connectivity index is 2.13. The molecular formula is C12H10Cl2FN3. The quantitative estimate of drug-likeness (QED) is 0.871. The summed E-state index contributed by atoms with van der Waals surface area (Å²) < 4.78 is 12.7. The van der Waals surface area contributed by atoms with Crippen molar-refractivity contribution in [1.82, 2.24) is 9.97 Å². The standard InChI is InChI=1S/C12H10Cl2FN3/c1-7-17-11(13)10(12(14)18-7)16-6-8-2-4-9(15)5-3-8/h2-5,16H,6H2,1H3. The van der Waals surface area contributed by atoms with E-state index >= 15 is 0 Å². The van der Waals surface area contributed by atoms with Gasteiger partial charge in [0.2, 0.25) is 0 Å². The summed E-state index contributed by atoms with van der Waals surface area (Å²) >= 11 is 11.9. The van der Waals surface area contributed by atoms with Gasteiger partial charge in [-0.1, -0.05) is 35.3 Å². The van der Waals surface area contributed by atoms with Crippen molar-refractivity contribution in [3.63, 3.8) is 0 Å². The highest BCUT2D eigenvalue weighted by atomic mass is 35.5. The molecule has 1 N–H and O–H groups in total. The summed E-state index contributed by atoms with van der Waals surface area (Å²) in [6.07, 6.45) is 0. The Morgan fingerprint density at radius 3 is 2.22 bits per heavy atom. The highest BCUT2D eigenvalue weighted by molar-refractivity contribution is 6.37. The van der Waals surface area contributed by atoms with E-state index in [-0.39, 0.29) is 16.1 Å². The Hall–Kier alpha value is -1.39. The van der Waals surface area contributed by atoms with E-state index in [0.717, 1.165) is 5.56 Å². The van der Waals surface area contributed by atoms with E-state index in [0.29, 0.717) is 18.1 Å². The van der Waals surface area contributed by atoms with E-state index in [1.165, 1.54) is 12.1 Å². The molecule has 2 rings (SSSR count). The van der Waals surface area contributed by atoms with Crippen molar-refractivity contribution in [3.05, 3.63) is 51.8 Å². The summed E-state index contributed by atoms with van der Waals surface area (Å²) in [5.74, 6) is 0.241. The number of anilines is 1. The molecule has 0 bridgehead atoms. The molecule has 0 spiro atoms. The molecule has 3 nitrogen and oxygen atoms in total. The Labute approximate surface area is 114 Å². The molecular weight excluding hydrogens is 276 g/mol. The van der Waals surface area contributed by atoms with Gasteiger partial charge in [-0.3, -0.25) is 0 Å². The maximum Gasteiger partial charge on any atom is 0.157 e. The first kappa shape index (κ1) is 13.1. The fourth-order valence-electron chi connectivity index (χ4n) is 1.44. The molecule has 1 aromatic heterocycles. The van der Waals surface area contributed by atoms with E-state index in [2.05, 4.69) is 15.3 Å². The van der Waals surface area contributed by atoms with Crippen LogP contribution in [0.15, 0.2) is 24.3 Å². The van der Waals surface area contributed by atoms with Gasteiger partial charge in [0.25, 0.3) is 0 Å². The minimum Gasteiger partial charge on any atom is -0.376 e. The number of rotatable bonds is 3. The molecule has 1 aromatic carbocycles. The zero-order valence-electron chi connectivity index (χ0n) is 9.54. The van der Waals surface area contributed by atoms with Gasteiger partial charge in [0.1, 0.15) is 17.3 Å². The molecule has 0 unspecified atom stereocenters. The van der Waals surface area contributed by atoms with Crippen LogP contribution in [-0.4, -0.2) is 9.97 Å². The predicted octanol–water partition coefficient (Wildman–Crippen LogP) is 3.84. The van der Waals surface area contributed by atoms with Crippen LogP contribution in [-0.2, 0) is 6.54 Å². The minimum atomic E-state index is -0.270. The molecule has 94 valence electrons. The van der Waals surface area contributed by atoms with Crippen molar-refractivity contribution >= 4 is 28.9 Å². The summed E-state index contributed by atoms with van der Waals surface area (Å²) in [6, 6.07) is 6.15. The van der Waals surface area contributed by atoms with Gasteiger partial charge in [0.05, 0.1) is 0 Å². The average Bonchev–Trinajstić information content (AvgIpc) is 2.30.